The summed E-state index contributed by atoms with van der Waals surface area (Å²) in [5.74, 6) is -0.844. The van der Waals surface area contributed by atoms with E-state index in [1.165, 1.54) is 6.07 Å². The second-order valence-electron chi connectivity index (χ2n) is 6.35. The molecular weight excluding hydrogens is 354 g/mol. The number of halogens is 1. The number of fused-ring (bicyclic) bond motifs is 1. The number of carbonyl (C=O) groups is 1. The Morgan fingerprint density at radius 3 is 2.65 bits per heavy atom. The lowest BCUT2D eigenvalue weighted by atomic mass is 10.1. The van der Waals surface area contributed by atoms with Crippen molar-refractivity contribution >= 4 is 23.2 Å². The zero-order valence-corrected chi connectivity index (χ0v) is 15.3. The molecule has 0 atom stereocenters. The highest BCUT2D eigenvalue weighted by Gasteiger charge is 2.26. The fraction of sp³-hybridized carbons (Fsp3) is 0.316. The Morgan fingerprint density at radius 2 is 1.88 bits per heavy atom. The number of amides is 1. The second-order valence-corrected chi connectivity index (χ2v) is 6.76. The van der Waals surface area contributed by atoms with Gasteiger partial charge in [0.25, 0.3) is 5.91 Å². The molecule has 1 heterocycles. The van der Waals surface area contributed by atoms with Crippen molar-refractivity contribution in [1.29, 1.82) is 0 Å². The third-order valence-corrected chi connectivity index (χ3v) is 4.75. The lowest BCUT2D eigenvalue weighted by Crippen LogP contribution is -2.25. The number of rotatable bonds is 6. The van der Waals surface area contributed by atoms with Crippen LogP contribution in [0.1, 0.15) is 27.9 Å². The Kier molecular flexibility index (Phi) is 5.54. The molecule has 3 rings (SSSR count). The van der Waals surface area contributed by atoms with Crippen molar-refractivity contribution < 1.29 is 15.0 Å². The normalized spacial score (nSPS) is 12.9. The Hall–Kier alpha value is -2.44. The van der Waals surface area contributed by atoms with Crippen molar-refractivity contribution in [3.63, 3.8) is 0 Å². The lowest BCUT2D eigenvalue weighted by molar-refractivity contribution is 0.0748. The van der Waals surface area contributed by atoms with Gasteiger partial charge in [0, 0.05) is 31.4 Å². The third kappa shape index (κ3) is 3.86. The molecule has 0 spiro atoms. The van der Waals surface area contributed by atoms with E-state index in [0.29, 0.717) is 13.1 Å². The first kappa shape index (κ1) is 18.4. The van der Waals surface area contributed by atoms with Crippen molar-refractivity contribution in [2.24, 2.45) is 0 Å². The number of hydrogen-bond donors (Lipinski definition) is 4. The molecule has 4 N–H and O–H groups in total. The van der Waals surface area contributed by atoms with E-state index in [4.69, 9.17) is 11.6 Å². The van der Waals surface area contributed by atoms with E-state index in [2.05, 4.69) is 16.7 Å². The van der Waals surface area contributed by atoms with Gasteiger partial charge in [-0.1, -0.05) is 17.7 Å². The molecule has 6 nitrogen and oxygen atoms in total. The van der Waals surface area contributed by atoms with Gasteiger partial charge in [-0.3, -0.25) is 4.79 Å². The molecule has 0 radical (unpaired) electrons. The fourth-order valence-corrected chi connectivity index (χ4v) is 3.20. The average Bonchev–Trinajstić information content (AvgIpc) is 3.04. The van der Waals surface area contributed by atoms with E-state index in [0.717, 1.165) is 42.4 Å². The lowest BCUT2D eigenvalue weighted by Gasteiger charge is -2.16. The summed E-state index contributed by atoms with van der Waals surface area (Å²) in [6, 6.07) is 8.48. The van der Waals surface area contributed by atoms with Gasteiger partial charge in [0.15, 0.2) is 0 Å². The number of hydrogen-bond acceptors (Lipinski definition) is 5. The summed E-state index contributed by atoms with van der Waals surface area (Å²) in [6.45, 7) is 2.78. The van der Waals surface area contributed by atoms with E-state index < -0.39 is 0 Å². The van der Waals surface area contributed by atoms with E-state index in [1.807, 2.05) is 19.2 Å². The quantitative estimate of drug-likeness (QED) is 0.583. The smallest absolute Gasteiger partial charge is 0.258 e. The number of phenols is 2. The Labute approximate surface area is 157 Å². The summed E-state index contributed by atoms with van der Waals surface area (Å²) in [6.07, 6.45) is 1.03. The third-order valence-electron chi connectivity index (χ3n) is 4.44. The minimum atomic E-state index is -0.316. The molecule has 0 bridgehead atoms. The van der Waals surface area contributed by atoms with Crippen LogP contribution in [-0.4, -0.2) is 41.2 Å². The molecule has 1 amide bonds. The van der Waals surface area contributed by atoms with Crippen LogP contribution < -0.4 is 10.6 Å². The molecule has 0 aromatic heterocycles. The highest BCUT2D eigenvalue weighted by molar-refractivity contribution is 6.32. The van der Waals surface area contributed by atoms with Crippen LogP contribution in [0, 0.1) is 0 Å². The van der Waals surface area contributed by atoms with Crippen molar-refractivity contribution in [1.82, 2.24) is 10.2 Å². The van der Waals surface area contributed by atoms with E-state index in [-0.39, 0.29) is 28.0 Å². The van der Waals surface area contributed by atoms with E-state index in [1.54, 1.807) is 4.90 Å². The molecule has 2 aromatic carbocycles. The van der Waals surface area contributed by atoms with Crippen LogP contribution in [0.3, 0.4) is 0 Å². The average molecular weight is 376 g/mol. The van der Waals surface area contributed by atoms with Crippen molar-refractivity contribution in [3.8, 4) is 11.5 Å². The molecule has 1 aliphatic rings. The molecule has 138 valence electrons. The largest absolute Gasteiger partial charge is 0.507 e. The molecule has 2 aromatic rings. The maximum atomic E-state index is 12.7. The minimum absolute atomic E-state index is 0.0379. The number of carbonyl (C=O) groups excluding carboxylic acids is 1. The predicted octanol–water partition coefficient (Wildman–Crippen LogP) is 2.93. The van der Waals surface area contributed by atoms with Crippen LogP contribution in [-0.2, 0) is 13.1 Å². The number of nitrogens with one attached hydrogen (secondary N) is 2. The summed E-state index contributed by atoms with van der Waals surface area (Å²) < 4.78 is 0. The van der Waals surface area contributed by atoms with Gasteiger partial charge in [-0.2, -0.15) is 0 Å². The van der Waals surface area contributed by atoms with Crippen molar-refractivity contribution in [2.75, 3.05) is 25.5 Å². The first-order valence-electron chi connectivity index (χ1n) is 8.50. The standard InChI is InChI=1S/C19H22ClN3O3/c1-21-5-2-6-22-14-4-3-12-10-23(11-13(12)7-14)19(26)15-8-16(20)18(25)9-17(15)24/h3-4,7-9,21-22,24-25H,2,5-6,10-11H2,1H3. The zero-order valence-electron chi connectivity index (χ0n) is 14.6. The van der Waals surface area contributed by atoms with Gasteiger partial charge in [0.2, 0.25) is 0 Å². The topological polar surface area (TPSA) is 84.8 Å². The maximum Gasteiger partial charge on any atom is 0.258 e. The molecule has 26 heavy (non-hydrogen) atoms. The van der Waals surface area contributed by atoms with Crippen LogP contribution in [0.5, 0.6) is 11.5 Å². The molecule has 7 heteroatoms. The highest BCUT2D eigenvalue weighted by Crippen LogP contribution is 2.34. The summed E-state index contributed by atoms with van der Waals surface area (Å²) in [4.78, 5) is 14.4. The first-order valence-corrected chi connectivity index (χ1v) is 8.88. The predicted molar refractivity (Wildman–Crippen MR) is 102 cm³/mol. The van der Waals surface area contributed by atoms with Gasteiger partial charge in [-0.15, -0.1) is 0 Å². The summed E-state index contributed by atoms with van der Waals surface area (Å²) in [5.41, 5.74) is 3.29. The monoisotopic (exact) mass is 375 g/mol. The van der Waals surface area contributed by atoms with Crippen molar-refractivity contribution in [2.45, 2.75) is 19.5 Å². The first-order chi connectivity index (χ1) is 12.5. The number of benzene rings is 2. The molecule has 0 unspecified atom stereocenters. The van der Waals surface area contributed by atoms with Gasteiger partial charge >= 0.3 is 0 Å². The van der Waals surface area contributed by atoms with Crippen LogP contribution in [0.15, 0.2) is 30.3 Å². The molecule has 0 saturated heterocycles. The molecule has 0 saturated carbocycles. The van der Waals surface area contributed by atoms with Crippen LogP contribution in [0.25, 0.3) is 0 Å². The Morgan fingerprint density at radius 1 is 1.12 bits per heavy atom. The highest BCUT2D eigenvalue weighted by atomic mass is 35.5. The molecule has 0 fully saturated rings. The number of anilines is 1. The van der Waals surface area contributed by atoms with Gasteiger partial charge in [-0.05, 0) is 49.3 Å². The molecule has 1 aliphatic heterocycles. The fourth-order valence-electron chi connectivity index (χ4n) is 3.04. The summed E-state index contributed by atoms with van der Waals surface area (Å²) >= 11 is 5.87. The number of aromatic hydroxyl groups is 2. The van der Waals surface area contributed by atoms with Crippen LogP contribution >= 0.6 is 11.6 Å². The van der Waals surface area contributed by atoms with Crippen molar-refractivity contribution in [3.05, 3.63) is 52.0 Å². The minimum Gasteiger partial charge on any atom is -0.507 e. The SMILES string of the molecule is CNCCCNc1ccc2c(c1)CN(C(=O)c1cc(Cl)c(O)cc1O)C2. The maximum absolute atomic E-state index is 12.7. The van der Waals surface area contributed by atoms with Gasteiger partial charge in [0.05, 0.1) is 10.6 Å². The van der Waals surface area contributed by atoms with Crippen LogP contribution in [0.4, 0.5) is 5.69 Å². The summed E-state index contributed by atoms with van der Waals surface area (Å²) in [5, 5.41) is 26.0. The van der Waals surface area contributed by atoms with E-state index in [9.17, 15) is 15.0 Å². The number of phenolic OH excluding ortho intramolecular Hbond substituents is 2. The summed E-state index contributed by atoms with van der Waals surface area (Å²) in [7, 11) is 1.93. The Balaban J connectivity index is 1.70. The number of nitrogens with zero attached hydrogens (tertiary/aromatic N) is 1. The second kappa shape index (κ2) is 7.85. The van der Waals surface area contributed by atoms with Gasteiger partial charge in [-0.25, -0.2) is 0 Å². The Bertz CT molecular complexity index is 826. The van der Waals surface area contributed by atoms with Gasteiger partial charge < -0.3 is 25.7 Å². The van der Waals surface area contributed by atoms with E-state index >= 15 is 0 Å². The molecule has 0 aliphatic carbocycles. The molecular formula is C19H22ClN3O3. The zero-order chi connectivity index (χ0) is 18.7. The van der Waals surface area contributed by atoms with Crippen LogP contribution in [0.2, 0.25) is 5.02 Å². The van der Waals surface area contributed by atoms with Gasteiger partial charge in [0.1, 0.15) is 11.5 Å².